The molecule has 0 amide bonds. The highest BCUT2D eigenvalue weighted by Gasteiger charge is 2.11. The van der Waals surface area contributed by atoms with Gasteiger partial charge in [0.05, 0.1) is 6.67 Å². The number of rotatable bonds is 6. The zero-order valence-corrected chi connectivity index (χ0v) is 13.9. The van der Waals surface area contributed by atoms with Crippen LogP contribution in [0.2, 0.25) is 0 Å². The lowest BCUT2D eigenvalue weighted by molar-refractivity contribution is 0.449. The van der Waals surface area contributed by atoms with E-state index in [0.717, 1.165) is 5.92 Å². The molecule has 0 aliphatic carbocycles. The molecule has 86 valence electrons. The van der Waals surface area contributed by atoms with E-state index < -0.39 is 0 Å². The van der Waals surface area contributed by atoms with Gasteiger partial charge in [-0.15, -0.1) is 11.3 Å². The number of halogens is 2. The van der Waals surface area contributed by atoms with Crippen LogP contribution in [0.25, 0.3) is 0 Å². The highest BCUT2D eigenvalue weighted by Crippen LogP contribution is 2.32. The molecule has 1 aromatic heterocycles. The normalized spacial score (nSPS) is 13.1. The summed E-state index contributed by atoms with van der Waals surface area (Å²) in [6.45, 7) is 4.59. The predicted octanol–water partition coefficient (Wildman–Crippen LogP) is 5.87. The molecule has 0 N–H and O–H groups in total. The average molecular weight is 401 g/mol. The second-order valence-electron chi connectivity index (χ2n) is 3.97. The second kappa shape index (κ2) is 7.28. The molecule has 15 heavy (non-hydrogen) atoms. The summed E-state index contributed by atoms with van der Waals surface area (Å²) in [6, 6.07) is 2.32. The van der Waals surface area contributed by atoms with Crippen LogP contribution in [0.3, 0.4) is 0 Å². The molecular weight excluding hydrogens is 383 g/mol. The minimum atomic E-state index is 0.867. The first-order valence-corrected chi connectivity index (χ1v) is 8.29. The molecule has 3 heteroatoms. The quantitative estimate of drug-likeness (QED) is 0.523. The molecule has 0 spiro atoms. The first kappa shape index (κ1) is 14.0. The first-order chi connectivity index (χ1) is 7.17. The fraction of sp³-hybridized carbons (Fsp3) is 0.667. The van der Waals surface area contributed by atoms with E-state index in [0.29, 0.717) is 0 Å². The van der Waals surface area contributed by atoms with Crippen molar-refractivity contribution in [3.63, 3.8) is 0 Å². The van der Waals surface area contributed by atoms with E-state index in [1.165, 1.54) is 44.3 Å². The molecule has 0 aliphatic heterocycles. The molecule has 1 heterocycles. The molecular formula is C12H18BrIS. The molecule has 0 aliphatic rings. The van der Waals surface area contributed by atoms with E-state index in [9.17, 15) is 0 Å². The fourth-order valence-corrected chi connectivity index (χ4v) is 5.16. The molecule has 1 atom stereocenters. The summed E-state index contributed by atoms with van der Waals surface area (Å²) in [5.41, 5.74) is 1.51. The molecule has 0 saturated carbocycles. The van der Waals surface area contributed by atoms with Crippen molar-refractivity contribution in [2.75, 3.05) is 0 Å². The highest BCUT2D eigenvalue weighted by molar-refractivity contribution is 14.1. The summed E-state index contributed by atoms with van der Waals surface area (Å²) in [5.74, 6) is 0.867. The molecule has 0 aromatic carbocycles. The maximum absolute atomic E-state index is 3.66. The number of unbranched alkanes of at least 4 members (excludes halogenated alkanes) is 1. The van der Waals surface area contributed by atoms with Gasteiger partial charge >= 0.3 is 0 Å². The Bertz CT molecular complexity index is 296. The summed E-state index contributed by atoms with van der Waals surface area (Å²) < 4.78 is 2.72. The van der Waals surface area contributed by atoms with Crippen molar-refractivity contribution in [3.05, 3.63) is 18.3 Å². The topological polar surface area (TPSA) is 0 Å². The summed E-state index contributed by atoms with van der Waals surface area (Å²) in [7, 11) is 0. The minimum Gasteiger partial charge on any atom is -0.122 e. The first-order valence-electron chi connectivity index (χ1n) is 5.61. The lowest BCUT2D eigenvalue weighted by atomic mass is 9.93. The van der Waals surface area contributed by atoms with Crippen molar-refractivity contribution < 1.29 is 0 Å². The van der Waals surface area contributed by atoms with Gasteiger partial charge in [0.25, 0.3) is 0 Å². The van der Waals surface area contributed by atoms with Crippen LogP contribution in [0.1, 0.15) is 45.1 Å². The Hall–Kier alpha value is 0.910. The molecule has 0 saturated heterocycles. The van der Waals surface area contributed by atoms with Gasteiger partial charge in [-0.25, -0.2) is 0 Å². The molecule has 1 aromatic rings. The molecule has 0 fully saturated rings. The van der Waals surface area contributed by atoms with Crippen molar-refractivity contribution in [2.24, 2.45) is 5.92 Å². The Morgan fingerprint density at radius 2 is 2.20 bits per heavy atom. The number of hydrogen-bond donors (Lipinski definition) is 0. The highest BCUT2D eigenvalue weighted by atomic mass is 127. The summed E-state index contributed by atoms with van der Waals surface area (Å²) in [4.78, 5) is 0. The van der Waals surface area contributed by atoms with Gasteiger partial charge in [-0.05, 0) is 62.5 Å². The van der Waals surface area contributed by atoms with E-state index in [1.807, 2.05) is 11.3 Å². The number of thiophene rings is 1. The van der Waals surface area contributed by atoms with Gasteiger partial charge in [-0.3, -0.25) is 0 Å². The standard InChI is InChI=1S/C12H18BrIS/c1-3-5-6-9(4-2)7-10-8-11(14)15-12(10)13/h8-9H,3-7H2,1-2H3. The Morgan fingerprint density at radius 1 is 1.47 bits per heavy atom. The molecule has 1 rings (SSSR count). The SMILES string of the molecule is CCCCC(CC)Cc1cc(I)sc1Br. The Morgan fingerprint density at radius 3 is 2.67 bits per heavy atom. The van der Waals surface area contributed by atoms with Crippen LogP contribution in [-0.2, 0) is 6.42 Å². The third-order valence-corrected chi connectivity index (χ3v) is 5.50. The van der Waals surface area contributed by atoms with E-state index >= 15 is 0 Å². The fourth-order valence-electron chi connectivity index (χ4n) is 1.77. The van der Waals surface area contributed by atoms with Crippen molar-refractivity contribution in [1.82, 2.24) is 0 Å². The molecule has 1 unspecified atom stereocenters. The van der Waals surface area contributed by atoms with Gasteiger partial charge in [0.15, 0.2) is 0 Å². The van der Waals surface area contributed by atoms with Crippen LogP contribution >= 0.6 is 49.9 Å². The molecule has 0 nitrogen and oxygen atoms in total. The van der Waals surface area contributed by atoms with Gasteiger partial charge in [0, 0.05) is 0 Å². The third-order valence-electron chi connectivity index (χ3n) is 2.78. The summed E-state index contributed by atoms with van der Waals surface area (Å²) in [5, 5.41) is 0. The Balaban J connectivity index is 2.54. The Labute approximate surface area is 119 Å². The van der Waals surface area contributed by atoms with Crippen LogP contribution in [0.5, 0.6) is 0 Å². The summed E-state index contributed by atoms with van der Waals surface area (Å²) in [6.07, 6.45) is 6.62. The van der Waals surface area contributed by atoms with Crippen molar-refractivity contribution in [3.8, 4) is 0 Å². The maximum atomic E-state index is 3.66. The Kier molecular flexibility index (Phi) is 6.78. The average Bonchev–Trinajstić information content (AvgIpc) is 2.52. The zero-order valence-electron chi connectivity index (χ0n) is 9.35. The van der Waals surface area contributed by atoms with Crippen molar-refractivity contribution >= 4 is 49.9 Å². The van der Waals surface area contributed by atoms with E-state index in [4.69, 9.17) is 0 Å². The van der Waals surface area contributed by atoms with Gasteiger partial charge in [0.1, 0.15) is 0 Å². The zero-order chi connectivity index (χ0) is 11.3. The largest absolute Gasteiger partial charge is 0.122 e. The summed E-state index contributed by atoms with van der Waals surface area (Å²) >= 11 is 7.91. The van der Waals surface area contributed by atoms with Crippen molar-refractivity contribution in [1.29, 1.82) is 0 Å². The second-order valence-corrected chi connectivity index (χ2v) is 8.23. The van der Waals surface area contributed by atoms with Crippen LogP contribution in [-0.4, -0.2) is 0 Å². The molecule has 0 radical (unpaired) electrons. The van der Waals surface area contributed by atoms with Gasteiger partial charge in [-0.2, -0.15) is 0 Å². The predicted molar refractivity (Wildman–Crippen MR) is 81.7 cm³/mol. The van der Waals surface area contributed by atoms with E-state index in [-0.39, 0.29) is 0 Å². The third kappa shape index (κ3) is 4.73. The monoisotopic (exact) mass is 400 g/mol. The van der Waals surface area contributed by atoms with Gasteiger partial charge in [-0.1, -0.05) is 39.5 Å². The van der Waals surface area contributed by atoms with E-state index in [2.05, 4.69) is 58.4 Å². The van der Waals surface area contributed by atoms with Crippen LogP contribution in [0.15, 0.2) is 9.85 Å². The minimum absolute atomic E-state index is 0.867. The van der Waals surface area contributed by atoms with Crippen LogP contribution in [0, 0.1) is 8.80 Å². The number of hydrogen-bond acceptors (Lipinski definition) is 1. The van der Waals surface area contributed by atoms with Gasteiger partial charge in [0.2, 0.25) is 0 Å². The maximum Gasteiger partial charge on any atom is 0.0741 e. The van der Waals surface area contributed by atoms with Crippen molar-refractivity contribution in [2.45, 2.75) is 46.0 Å². The lowest BCUT2D eigenvalue weighted by Crippen LogP contribution is -2.02. The smallest absolute Gasteiger partial charge is 0.0741 e. The van der Waals surface area contributed by atoms with E-state index in [1.54, 1.807) is 0 Å². The van der Waals surface area contributed by atoms with Gasteiger partial charge < -0.3 is 0 Å². The van der Waals surface area contributed by atoms with Crippen LogP contribution < -0.4 is 0 Å². The lowest BCUT2D eigenvalue weighted by Gasteiger charge is -2.13. The molecule has 0 bridgehead atoms. The van der Waals surface area contributed by atoms with Crippen LogP contribution in [0.4, 0.5) is 0 Å².